The summed E-state index contributed by atoms with van der Waals surface area (Å²) in [4.78, 5) is 2.33. The maximum absolute atomic E-state index is 9.75. The zero-order chi connectivity index (χ0) is 12.1. The lowest BCUT2D eigenvalue weighted by atomic mass is 10.1. The van der Waals surface area contributed by atoms with Gasteiger partial charge in [0.05, 0.1) is 0 Å². The Morgan fingerprint density at radius 2 is 2.06 bits per heavy atom. The van der Waals surface area contributed by atoms with Gasteiger partial charge in [-0.2, -0.15) is 0 Å². The van der Waals surface area contributed by atoms with E-state index in [-0.39, 0.29) is 0 Å². The van der Waals surface area contributed by atoms with Crippen LogP contribution in [-0.4, -0.2) is 22.6 Å². The van der Waals surface area contributed by atoms with Crippen molar-refractivity contribution in [1.29, 1.82) is 0 Å². The van der Waals surface area contributed by atoms with Gasteiger partial charge in [-0.25, -0.2) is 0 Å². The second kappa shape index (κ2) is 5.75. The number of benzene rings is 1. The molecule has 1 rings (SSSR count). The molecule has 1 aromatic carbocycles. The van der Waals surface area contributed by atoms with Gasteiger partial charge in [-0.05, 0) is 38.1 Å². The minimum Gasteiger partial charge on any atom is -0.508 e. The number of phenols is 1. The van der Waals surface area contributed by atoms with Gasteiger partial charge in [-0.1, -0.05) is 13.8 Å². The first-order chi connectivity index (χ1) is 7.58. The maximum atomic E-state index is 9.75. The molecule has 0 saturated heterocycles. The Bertz CT molecular complexity index is 339. The number of nitrogen functional groups attached to an aromatic ring is 1. The van der Waals surface area contributed by atoms with Crippen LogP contribution in [0.2, 0.25) is 0 Å². The van der Waals surface area contributed by atoms with Crippen molar-refractivity contribution in [2.45, 2.75) is 39.8 Å². The fourth-order valence-corrected chi connectivity index (χ4v) is 1.79. The van der Waals surface area contributed by atoms with Crippen molar-refractivity contribution in [2.75, 3.05) is 12.3 Å². The molecule has 0 aliphatic heterocycles. The van der Waals surface area contributed by atoms with E-state index in [4.69, 9.17) is 5.73 Å². The zero-order valence-electron chi connectivity index (χ0n) is 10.4. The molecule has 0 saturated carbocycles. The van der Waals surface area contributed by atoms with E-state index >= 15 is 0 Å². The highest BCUT2D eigenvalue weighted by Gasteiger charge is 2.12. The first-order valence-electron chi connectivity index (χ1n) is 5.89. The van der Waals surface area contributed by atoms with Crippen LogP contribution in [0.3, 0.4) is 0 Å². The topological polar surface area (TPSA) is 49.5 Å². The summed E-state index contributed by atoms with van der Waals surface area (Å²) >= 11 is 0. The number of phenolic OH excluding ortho intramolecular Hbond substituents is 1. The third kappa shape index (κ3) is 3.14. The van der Waals surface area contributed by atoms with Crippen LogP contribution in [0.15, 0.2) is 18.2 Å². The number of nitrogens with zero attached hydrogens (tertiary/aromatic N) is 1. The first kappa shape index (κ1) is 12.8. The van der Waals surface area contributed by atoms with Gasteiger partial charge in [-0.3, -0.25) is 4.90 Å². The Morgan fingerprint density at radius 3 is 2.62 bits per heavy atom. The van der Waals surface area contributed by atoms with Crippen LogP contribution in [0.5, 0.6) is 5.75 Å². The molecule has 0 aliphatic carbocycles. The van der Waals surface area contributed by atoms with E-state index in [1.165, 1.54) is 0 Å². The molecule has 90 valence electrons. The summed E-state index contributed by atoms with van der Waals surface area (Å²) in [5.41, 5.74) is 7.33. The van der Waals surface area contributed by atoms with Crippen LogP contribution < -0.4 is 5.73 Å². The monoisotopic (exact) mass is 222 g/mol. The minimum absolute atomic E-state index is 0.330. The standard InChI is InChI=1S/C13H22N2O/c1-4-10(3)15(5-2)9-11-8-12(14)6-7-13(11)16/h6-8,10,16H,4-5,9,14H2,1-3H3. The maximum Gasteiger partial charge on any atom is 0.120 e. The van der Waals surface area contributed by atoms with Gasteiger partial charge < -0.3 is 10.8 Å². The number of nitrogens with two attached hydrogens (primary N) is 1. The Kier molecular flexibility index (Phi) is 4.62. The van der Waals surface area contributed by atoms with Gasteiger partial charge >= 0.3 is 0 Å². The van der Waals surface area contributed by atoms with E-state index in [1.807, 2.05) is 6.07 Å². The molecule has 0 bridgehead atoms. The summed E-state index contributed by atoms with van der Waals surface area (Å²) in [6.45, 7) is 8.24. The second-order valence-corrected chi connectivity index (χ2v) is 4.21. The number of rotatable bonds is 5. The van der Waals surface area contributed by atoms with Crippen LogP contribution in [0, 0.1) is 0 Å². The number of hydrogen-bond acceptors (Lipinski definition) is 3. The summed E-state index contributed by atoms with van der Waals surface area (Å²) in [6, 6.07) is 5.75. The van der Waals surface area contributed by atoms with Gasteiger partial charge in [-0.15, -0.1) is 0 Å². The van der Waals surface area contributed by atoms with Crippen molar-refractivity contribution in [3.8, 4) is 5.75 Å². The molecule has 0 aliphatic rings. The fraction of sp³-hybridized carbons (Fsp3) is 0.538. The van der Waals surface area contributed by atoms with Crippen LogP contribution in [-0.2, 0) is 6.54 Å². The first-order valence-corrected chi connectivity index (χ1v) is 5.89. The molecule has 0 aromatic heterocycles. The van der Waals surface area contributed by atoms with Gasteiger partial charge in [0.15, 0.2) is 0 Å². The van der Waals surface area contributed by atoms with E-state index in [0.717, 1.165) is 25.1 Å². The summed E-state index contributed by atoms with van der Waals surface area (Å²) in [5, 5.41) is 9.75. The van der Waals surface area contributed by atoms with Crippen molar-refractivity contribution in [1.82, 2.24) is 4.90 Å². The molecule has 0 fully saturated rings. The quantitative estimate of drug-likeness (QED) is 0.594. The predicted octanol–water partition coefficient (Wildman–Crippen LogP) is 2.59. The lowest BCUT2D eigenvalue weighted by Crippen LogP contribution is -2.31. The SMILES string of the molecule is CCC(C)N(CC)Cc1cc(N)ccc1O. The zero-order valence-corrected chi connectivity index (χ0v) is 10.4. The van der Waals surface area contributed by atoms with Gasteiger partial charge in [0, 0.05) is 23.8 Å². The van der Waals surface area contributed by atoms with Crippen molar-refractivity contribution < 1.29 is 5.11 Å². The van der Waals surface area contributed by atoms with Crippen LogP contribution >= 0.6 is 0 Å². The Labute approximate surface area is 97.9 Å². The van der Waals surface area contributed by atoms with Gasteiger partial charge in [0.1, 0.15) is 5.75 Å². The normalized spacial score (nSPS) is 13.0. The molecule has 3 N–H and O–H groups in total. The highest BCUT2D eigenvalue weighted by Crippen LogP contribution is 2.22. The van der Waals surface area contributed by atoms with Crippen LogP contribution in [0.1, 0.15) is 32.8 Å². The molecule has 0 radical (unpaired) electrons. The van der Waals surface area contributed by atoms with Crippen molar-refractivity contribution >= 4 is 5.69 Å². The lowest BCUT2D eigenvalue weighted by Gasteiger charge is -2.27. The third-order valence-electron chi connectivity index (χ3n) is 3.10. The molecule has 0 heterocycles. The molecule has 1 atom stereocenters. The summed E-state index contributed by atoms with van der Waals surface area (Å²) in [6.07, 6.45) is 1.11. The summed E-state index contributed by atoms with van der Waals surface area (Å²) < 4.78 is 0. The van der Waals surface area contributed by atoms with E-state index < -0.39 is 0 Å². The highest BCUT2D eigenvalue weighted by atomic mass is 16.3. The molecule has 3 nitrogen and oxygen atoms in total. The Hall–Kier alpha value is -1.22. The molecule has 0 amide bonds. The number of hydrogen-bond donors (Lipinski definition) is 2. The van der Waals surface area contributed by atoms with Gasteiger partial charge in [0.25, 0.3) is 0 Å². The molecular formula is C13H22N2O. The molecule has 0 spiro atoms. The average molecular weight is 222 g/mol. The lowest BCUT2D eigenvalue weighted by molar-refractivity contribution is 0.204. The molecule has 1 aromatic rings. The van der Waals surface area contributed by atoms with E-state index in [9.17, 15) is 5.11 Å². The van der Waals surface area contributed by atoms with Crippen molar-refractivity contribution in [3.05, 3.63) is 23.8 Å². The predicted molar refractivity (Wildman–Crippen MR) is 68.4 cm³/mol. The number of aromatic hydroxyl groups is 1. The fourth-order valence-electron chi connectivity index (χ4n) is 1.79. The molecule has 1 unspecified atom stereocenters. The Balaban J connectivity index is 2.81. The summed E-state index contributed by atoms with van der Waals surface area (Å²) in [7, 11) is 0. The molecular weight excluding hydrogens is 200 g/mol. The average Bonchev–Trinajstić information content (AvgIpc) is 2.29. The van der Waals surface area contributed by atoms with Gasteiger partial charge in [0.2, 0.25) is 0 Å². The highest BCUT2D eigenvalue weighted by molar-refractivity contribution is 5.47. The third-order valence-corrected chi connectivity index (χ3v) is 3.10. The van der Waals surface area contributed by atoms with Crippen molar-refractivity contribution in [2.24, 2.45) is 0 Å². The molecule has 3 heteroatoms. The van der Waals surface area contributed by atoms with E-state index in [2.05, 4.69) is 25.7 Å². The summed E-state index contributed by atoms with van der Waals surface area (Å²) in [5.74, 6) is 0.330. The van der Waals surface area contributed by atoms with E-state index in [0.29, 0.717) is 17.5 Å². The van der Waals surface area contributed by atoms with Crippen LogP contribution in [0.25, 0.3) is 0 Å². The molecule has 16 heavy (non-hydrogen) atoms. The minimum atomic E-state index is 0.330. The second-order valence-electron chi connectivity index (χ2n) is 4.21. The van der Waals surface area contributed by atoms with Crippen molar-refractivity contribution in [3.63, 3.8) is 0 Å². The van der Waals surface area contributed by atoms with E-state index in [1.54, 1.807) is 12.1 Å². The smallest absolute Gasteiger partial charge is 0.120 e. The number of anilines is 1. The Morgan fingerprint density at radius 1 is 1.38 bits per heavy atom. The van der Waals surface area contributed by atoms with Crippen LogP contribution in [0.4, 0.5) is 5.69 Å². The largest absolute Gasteiger partial charge is 0.508 e.